The van der Waals surface area contributed by atoms with Gasteiger partial charge in [-0.05, 0) is 28.2 Å². The first kappa shape index (κ1) is 17.3. The zero-order valence-electron chi connectivity index (χ0n) is 14.1. The van der Waals surface area contributed by atoms with E-state index in [2.05, 4.69) is 28.8 Å². The van der Waals surface area contributed by atoms with Gasteiger partial charge in [-0.2, -0.15) is 0 Å². The third-order valence-corrected chi connectivity index (χ3v) is 4.02. The van der Waals surface area contributed by atoms with Gasteiger partial charge in [0, 0.05) is 13.1 Å². The van der Waals surface area contributed by atoms with E-state index in [0.29, 0.717) is 19.5 Å². The first-order chi connectivity index (χ1) is 10.9. The van der Waals surface area contributed by atoms with E-state index in [4.69, 9.17) is 0 Å². The molecule has 124 valence electrons. The predicted octanol–water partition coefficient (Wildman–Crippen LogP) is 3.44. The van der Waals surface area contributed by atoms with Crippen molar-refractivity contribution in [1.82, 2.24) is 10.6 Å². The Balaban J connectivity index is 1.82. The molecule has 1 unspecified atom stereocenters. The summed E-state index contributed by atoms with van der Waals surface area (Å²) in [5, 5.41) is 17.9. The standard InChI is InChI=1S/C19H26N2O2/c1-19(2,3)17(22)11-12-20-18(23)21-13-15-9-6-8-14-7-4-5-10-16(14)15/h4-10,17,22H,11-13H2,1-3H3,(H2,20,21,23). The van der Waals surface area contributed by atoms with Crippen LogP contribution in [0.25, 0.3) is 10.8 Å². The van der Waals surface area contributed by atoms with Crippen LogP contribution in [0.2, 0.25) is 0 Å². The number of aliphatic hydroxyl groups is 1. The van der Waals surface area contributed by atoms with Gasteiger partial charge < -0.3 is 15.7 Å². The molecule has 0 bridgehead atoms. The first-order valence-electron chi connectivity index (χ1n) is 8.04. The van der Waals surface area contributed by atoms with E-state index >= 15 is 0 Å². The number of carbonyl (C=O) groups excluding carboxylic acids is 1. The second-order valence-electron chi connectivity index (χ2n) is 6.92. The van der Waals surface area contributed by atoms with Crippen molar-refractivity contribution in [3.8, 4) is 0 Å². The van der Waals surface area contributed by atoms with E-state index in [1.165, 1.54) is 5.39 Å². The van der Waals surface area contributed by atoms with Gasteiger partial charge in [0.05, 0.1) is 6.10 Å². The van der Waals surface area contributed by atoms with Crippen molar-refractivity contribution >= 4 is 16.8 Å². The third kappa shape index (κ3) is 4.96. The molecule has 0 fully saturated rings. The molecule has 2 aromatic rings. The van der Waals surface area contributed by atoms with Gasteiger partial charge in [0.15, 0.2) is 0 Å². The van der Waals surface area contributed by atoms with Crippen LogP contribution in [0.1, 0.15) is 32.8 Å². The molecule has 4 nitrogen and oxygen atoms in total. The van der Waals surface area contributed by atoms with Gasteiger partial charge in [0.25, 0.3) is 0 Å². The summed E-state index contributed by atoms with van der Waals surface area (Å²) in [7, 11) is 0. The number of hydrogen-bond donors (Lipinski definition) is 3. The Bertz CT molecular complexity index is 656. The number of hydrogen-bond acceptors (Lipinski definition) is 2. The predicted molar refractivity (Wildman–Crippen MR) is 94.3 cm³/mol. The minimum atomic E-state index is -0.430. The lowest BCUT2D eigenvalue weighted by molar-refractivity contribution is 0.0564. The highest BCUT2D eigenvalue weighted by atomic mass is 16.3. The maximum Gasteiger partial charge on any atom is 0.315 e. The highest BCUT2D eigenvalue weighted by Crippen LogP contribution is 2.21. The number of aliphatic hydroxyl groups excluding tert-OH is 1. The topological polar surface area (TPSA) is 61.4 Å². The van der Waals surface area contributed by atoms with Gasteiger partial charge >= 0.3 is 6.03 Å². The van der Waals surface area contributed by atoms with Crippen molar-refractivity contribution in [3.05, 3.63) is 48.0 Å². The Morgan fingerprint density at radius 2 is 1.78 bits per heavy atom. The molecule has 0 aromatic heterocycles. The minimum Gasteiger partial charge on any atom is -0.393 e. The van der Waals surface area contributed by atoms with Crippen LogP contribution in [0.15, 0.2) is 42.5 Å². The van der Waals surface area contributed by atoms with Crippen LogP contribution in [-0.2, 0) is 6.54 Å². The zero-order chi connectivity index (χ0) is 16.9. The molecule has 0 aliphatic carbocycles. The fraction of sp³-hybridized carbons (Fsp3) is 0.421. The van der Waals surface area contributed by atoms with E-state index in [0.717, 1.165) is 10.9 Å². The Labute approximate surface area is 137 Å². The summed E-state index contributed by atoms with van der Waals surface area (Å²) in [5.41, 5.74) is 0.925. The van der Waals surface area contributed by atoms with Crippen LogP contribution in [0.4, 0.5) is 4.79 Å². The fourth-order valence-electron chi connectivity index (χ4n) is 2.44. The summed E-state index contributed by atoms with van der Waals surface area (Å²) < 4.78 is 0. The van der Waals surface area contributed by atoms with Crippen LogP contribution in [0.5, 0.6) is 0 Å². The zero-order valence-corrected chi connectivity index (χ0v) is 14.1. The molecule has 3 N–H and O–H groups in total. The average molecular weight is 314 g/mol. The van der Waals surface area contributed by atoms with Crippen LogP contribution in [-0.4, -0.2) is 23.8 Å². The van der Waals surface area contributed by atoms with Gasteiger partial charge in [-0.15, -0.1) is 0 Å². The van der Waals surface area contributed by atoms with E-state index < -0.39 is 6.10 Å². The maximum atomic E-state index is 11.9. The molecule has 23 heavy (non-hydrogen) atoms. The van der Waals surface area contributed by atoms with Crippen molar-refractivity contribution in [1.29, 1.82) is 0 Å². The smallest absolute Gasteiger partial charge is 0.315 e. The second-order valence-corrected chi connectivity index (χ2v) is 6.92. The normalized spacial score (nSPS) is 12.9. The van der Waals surface area contributed by atoms with Gasteiger partial charge in [0.1, 0.15) is 0 Å². The van der Waals surface area contributed by atoms with Crippen molar-refractivity contribution in [2.24, 2.45) is 5.41 Å². The first-order valence-corrected chi connectivity index (χ1v) is 8.04. The molecule has 0 aliphatic heterocycles. The number of nitrogens with one attached hydrogen (secondary N) is 2. The SMILES string of the molecule is CC(C)(C)C(O)CCNC(=O)NCc1cccc2ccccc12. The summed E-state index contributed by atoms with van der Waals surface area (Å²) in [5.74, 6) is 0. The Hall–Kier alpha value is -2.07. The maximum absolute atomic E-state index is 11.9. The minimum absolute atomic E-state index is 0.166. The van der Waals surface area contributed by atoms with Crippen LogP contribution in [0, 0.1) is 5.41 Å². The average Bonchev–Trinajstić information content (AvgIpc) is 2.51. The van der Waals surface area contributed by atoms with Crippen LogP contribution in [0.3, 0.4) is 0 Å². The molecule has 1 atom stereocenters. The summed E-state index contributed by atoms with van der Waals surface area (Å²) in [6, 6.07) is 14.0. The number of rotatable bonds is 5. The van der Waals surface area contributed by atoms with Crippen LogP contribution >= 0.6 is 0 Å². The highest BCUT2D eigenvalue weighted by molar-refractivity contribution is 5.86. The second kappa shape index (κ2) is 7.47. The number of fused-ring (bicyclic) bond motifs is 1. The van der Waals surface area contributed by atoms with Crippen molar-refractivity contribution in [3.63, 3.8) is 0 Å². The highest BCUT2D eigenvalue weighted by Gasteiger charge is 2.21. The van der Waals surface area contributed by atoms with Crippen molar-refractivity contribution in [2.75, 3.05) is 6.54 Å². The lowest BCUT2D eigenvalue weighted by atomic mass is 9.87. The van der Waals surface area contributed by atoms with E-state index in [1.807, 2.05) is 45.0 Å². The fourth-order valence-corrected chi connectivity index (χ4v) is 2.44. The molecule has 2 rings (SSSR count). The molecule has 0 heterocycles. The molecular formula is C19H26N2O2. The van der Waals surface area contributed by atoms with Crippen molar-refractivity contribution < 1.29 is 9.90 Å². The van der Waals surface area contributed by atoms with Crippen LogP contribution < -0.4 is 10.6 Å². The largest absolute Gasteiger partial charge is 0.393 e. The van der Waals surface area contributed by atoms with Crippen molar-refractivity contribution in [2.45, 2.75) is 39.8 Å². The summed E-state index contributed by atoms with van der Waals surface area (Å²) >= 11 is 0. The number of urea groups is 1. The number of benzene rings is 2. The molecule has 0 radical (unpaired) electrons. The molecule has 0 saturated heterocycles. The molecule has 4 heteroatoms. The Kier molecular flexibility index (Phi) is 5.61. The lowest BCUT2D eigenvalue weighted by Gasteiger charge is -2.25. The third-order valence-electron chi connectivity index (χ3n) is 4.02. The van der Waals surface area contributed by atoms with E-state index in [1.54, 1.807) is 0 Å². The Morgan fingerprint density at radius 3 is 2.52 bits per heavy atom. The monoisotopic (exact) mass is 314 g/mol. The summed E-state index contributed by atoms with van der Waals surface area (Å²) in [4.78, 5) is 11.9. The van der Waals surface area contributed by atoms with Gasteiger partial charge in [-0.3, -0.25) is 0 Å². The molecule has 0 aliphatic rings. The molecular weight excluding hydrogens is 288 g/mol. The molecule has 0 spiro atoms. The summed E-state index contributed by atoms with van der Waals surface area (Å²) in [6.07, 6.45) is 0.117. The van der Waals surface area contributed by atoms with Gasteiger partial charge in [0.2, 0.25) is 0 Å². The number of amides is 2. The Morgan fingerprint density at radius 1 is 1.09 bits per heavy atom. The molecule has 0 saturated carbocycles. The van der Waals surface area contributed by atoms with E-state index in [9.17, 15) is 9.90 Å². The lowest BCUT2D eigenvalue weighted by Crippen LogP contribution is -2.38. The van der Waals surface area contributed by atoms with Gasteiger partial charge in [-0.25, -0.2) is 4.79 Å². The van der Waals surface area contributed by atoms with Gasteiger partial charge in [-0.1, -0.05) is 63.2 Å². The summed E-state index contributed by atoms with van der Waals surface area (Å²) in [6.45, 7) is 6.89. The number of carbonyl (C=O) groups is 1. The molecule has 2 amide bonds. The quantitative estimate of drug-likeness (QED) is 0.792. The molecule has 2 aromatic carbocycles. The van der Waals surface area contributed by atoms with E-state index in [-0.39, 0.29) is 11.4 Å².